The number of nitrogens with one attached hydrogen (secondary N) is 1. The highest BCUT2D eigenvalue weighted by atomic mass is 79.9. The van der Waals surface area contributed by atoms with Crippen molar-refractivity contribution in [2.45, 2.75) is 44.2 Å². The lowest BCUT2D eigenvalue weighted by Gasteiger charge is -2.38. The topological polar surface area (TPSA) is 199 Å². The number of aryl methyl sites for hydroxylation is 1. The van der Waals surface area contributed by atoms with Crippen LogP contribution in [0.25, 0.3) is 21.3 Å². The molecule has 13 nitrogen and oxygen atoms in total. The van der Waals surface area contributed by atoms with Crippen LogP contribution in [0, 0.1) is 6.92 Å². The molecule has 3 aromatic rings. The van der Waals surface area contributed by atoms with E-state index >= 15 is 0 Å². The van der Waals surface area contributed by atoms with Gasteiger partial charge in [0.25, 0.3) is 0 Å². The zero-order valence-electron chi connectivity index (χ0n) is 19.6. The number of carboxylic acids is 1. The Balaban J connectivity index is 1.48. The molecule has 1 saturated heterocycles. The minimum atomic E-state index is -1.80. The summed E-state index contributed by atoms with van der Waals surface area (Å²) in [5.74, 6) is -0.225. The summed E-state index contributed by atoms with van der Waals surface area (Å²) in [7, 11) is 0. The smallest absolute Gasteiger partial charge is 0.335 e. The summed E-state index contributed by atoms with van der Waals surface area (Å²) in [6, 6.07) is 6.90. The van der Waals surface area contributed by atoms with E-state index in [1.165, 1.54) is 0 Å². The average molecular weight is 658 g/mol. The summed E-state index contributed by atoms with van der Waals surface area (Å²) in [4.78, 5) is 17.1. The van der Waals surface area contributed by atoms with Crippen LogP contribution in [0.2, 0.25) is 0 Å². The van der Waals surface area contributed by atoms with Gasteiger partial charge in [-0.25, -0.2) is 4.79 Å². The number of hydrogen-bond acceptors (Lipinski definition) is 9. The van der Waals surface area contributed by atoms with Crippen LogP contribution in [0.4, 0.5) is 0 Å². The van der Waals surface area contributed by atoms with Gasteiger partial charge in [0.2, 0.25) is 6.29 Å². The monoisotopic (exact) mass is 656 g/mol. The van der Waals surface area contributed by atoms with Gasteiger partial charge in [-0.3, -0.25) is 0 Å². The zero-order valence-corrected chi connectivity index (χ0v) is 22.8. The fourth-order valence-corrected chi connectivity index (χ4v) is 5.45. The van der Waals surface area contributed by atoms with Crippen LogP contribution >= 0.6 is 31.9 Å². The van der Waals surface area contributed by atoms with Crippen molar-refractivity contribution in [2.24, 2.45) is 5.11 Å². The number of H-pyrrole nitrogens is 1. The molecule has 2 heterocycles. The number of carboxylic acid groups (broad SMARTS) is 1. The third kappa shape index (κ3) is 5.68. The predicted molar refractivity (Wildman–Crippen MR) is 139 cm³/mol. The molecule has 1 aliphatic rings. The van der Waals surface area contributed by atoms with Crippen molar-refractivity contribution >= 4 is 48.7 Å². The lowest BCUT2D eigenvalue weighted by molar-refractivity contribution is -0.271. The Bertz CT molecular complexity index is 1390. The number of rotatable bonds is 9. The normalized spacial score (nSPS) is 23.1. The predicted octanol–water partition coefficient (Wildman–Crippen LogP) is 3.50. The summed E-state index contributed by atoms with van der Waals surface area (Å²) in [5.41, 5.74) is 10.7. The highest BCUT2D eigenvalue weighted by Crippen LogP contribution is 2.43. The second-order valence-corrected chi connectivity index (χ2v) is 9.97. The lowest BCUT2D eigenvalue weighted by Crippen LogP contribution is -2.61. The van der Waals surface area contributed by atoms with Gasteiger partial charge in [-0.05, 0) is 73.6 Å². The maximum absolute atomic E-state index is 11.3. The average Bonchev–Trinajstić information content (AvgIpc) is 3.28. The van der Waals surface area contributed by atoms with Crippen molar-refractivity contribution < 1.29 is 44.2 Å². The van der Waals surface area contributed by atoms with Gasteiger partial charge in [0.15, 0.2) is 12.8 Å². The minimum Gasteiger partial charge on any atom is -0.487 e. The molecule has 0 aliphatic carbocycles. The molecule has 0 bridgehead atoms. The van der Waals surface area contributed by atoms with E-state index in [1.54, 1.807) is 37.4 Å². The first-order valence-electron chi connectivity index (χ1n) is 11.1. The maximum atomic E-state index is 11.3. The van der Waals surface area contributed by atoms with Crippen LogP contribution in [0.3, 0.4) is 0 Å². The molecule has 2 aromatic carbocycles. The number of carbonyl (C=O) groups is 1. The third-order valence-electron chi connectivity index (χ3n) is 5.80. The van der Waals surface area contributed by atoms with Gasteiger partial charge < -0.3 is 44.4 Å². The molecule has 0 amide bonds. The summed E-state index contributed by atoms with van der Waals surface area (Å²) < 4.78 is 23.6. The number of nitrogens with zero attached hydrogens (tertiary/aromatic N) is 3. The van der Waals surface area contributed by atoms with E-state index in [4.69, 9.17) is 24.5 Å². The van der Waals surface area contributed by atoms with Crippen molar-refractivity contribution in [3.05, 3.63) is 61.0 Å². The summed E-state index contributed by atoms with van der Waals surface area (Å²) in [6.07, 6.45) is -6.79. The highest BCUT2D eigenvalue weighted by Gasteiger charge is 2.48. The van der Waals surface area contributed by atoms with Gasteiger partial charge in [0.1, 0.15) is 42.2 Å². The molecule has 0 radical (unpaired) electrons. The van der Waals surface area contributed by atoms with Gasteiger partial charge >= 0.3 is 5.97 Å². The number of aliphatic hydroxyl groups excluding tert-OH is 3. The van der Waals surface area contributed by atoms with Gasteiger partial charge in [0.05, 0.1) is 19.8 Å². The Morgan fingerprint density at radius 2 is 1.92 bits per heavy atom. The first-order valence-corrected chi connectivity index (χ1v) is 12.6. The van der Waals surface area contributed by atoms with E-state index in [-0.39, 0.29) is 19.1 Å². The molecule has 0 saturated carbocycles. The van der Waals surface area contributed by atoms with Crippen molar-refractivity contribution in [1.82, 2.24) is 4.98 Å². The summed E-state index contributed by atoms with van der Waals surface area (Å²) >= 11 is 6.96. The van der Waals surface area contributed by atoms with E-state index in [2.05, 4.69) is 46.9 Å². The van der Waals surface area contributed by atoms with E-state index < -0.39 is 36.7 Å². The lowest BCUT2D eigenvalue weighted by atomic mass is 9.99. The standard InChI is InChI=1S/C23H22Br2N4O9/c1-9-4-10(2-3-13(9)37-23-19(32)17(30)18(31)21(38-23)22(33)34)7-35-14-6-27-12-5-11(24)20(16(25)15(12)14)36-8-28-29-26/h2-6,17-19,21,23,27,30-32H,7-8H2,1H3,(H,33,34)/t17-,18-,19+,21-,23+/m0/s1. The number of azide groups is 1. The maximum Gasteiger partial charge on any atom is 0.335 e. The number of aromatic nitrogens is 1. The van der Waals surface area contributed by atoms with Crippen LogP contribution in [0.1, 0.15) is 11.1 Å². The third-order valence-corrected chi connectivity index (χ3v) is 7.15. The Morgan fingerprint density at radius 1 is 1.16 bits per heavy atom. The first-order chi connectivity index (χ1) is 18.1. The number of fused-ring (bicyclic) bond motifs is 1. The molecule has 5 atom stereocenters. The minimum absolute atomic E-state index is 0.181. The molecular weight excluding hydrogens is 636 g/mol. The molecule has 15 heteroatoms. The van der Waals surface area contributed by atoms with Crippen LogP contribution in [-0.4, -0.2) is 68.8 Å². The molecule has 1 aliphatic heterocycles. The fourth-order valence-electron chi connectivity index (χ4n) is 3.91. The molecule has 202 valence electrons. The quantitative estimate of drug-likeness (QED) is 0.130. The van der Waals surface area contributed by atoms with Gasteiger partial charge in [0, 0.05) is 11.1 Å². The van der Waals surface area contributed by atoms with Crippen molar-refractivity contribution in [2.75, 3.05) is 6.73 Å². The van der Waals surface area contributed by atoms with Gasteiger partial charge in [-0.1, -0.05) is 11.2 Å². The van der Waals surface area contributed by atoms with Crippen molar-refractivity contribution in [1.29, 1.82) is 0 Å². The first kappa shape index (κ1) is 28.0. The van der Waals surface area contributed by atoms with E-state index in [0.29, 0.717) is 26.0 Å². The molecule has 1 aromatic heterocycles. The second-order valence-electron chi connectivity index (χ2n) is 8.32. The Labute approximate surface area is 231 Å². The number of halogens is 2. The highest BCUT2D eigenvalue weighted by molar-refractivity contribution is 9.11. The Morgan fingerprint density at radius 3 is 2.61 bits per heavy atom. The number of benzene rings is 2. The van der Waals surface area contributed by atoms with Crippen molar-refractivity contribution in [3.63, 3.8) is 0 Å². The summed E-state index contributed by atoms with van der Waals surface area (Å²) in [6.45, 7) is 1.73. The molecule has 4 rings (SSSR count). The molecule has 38 heavy (non-hydrogen) atoms. The molecule has 1 fully saturated rings. The molecular formula is C23H22Br2N4O9. The SMILES string of the molecule is Cc1cc(COc2c[nH]c3cc(Br)c(OCN=[N+]=[N-])c(Br)c23)ccc1O[C@@H]1O[C@H](C(=O)O)[C@@H](O)[C@H](O)[C@H]1O. The second kappa shape index (κ2) is 11.8. The summed E-state index contributed by atoms with van der Waals surface area (Å²) in [5, 5.41) is 43.3. The van der Waals surface area contributed by atoms with Crippen molar-refractivity contribution in [3.8, 4) is 17.2 Å². The van der Waals surface area contributed by atoms with E-state index in [0.717, 1.165) is 16.5 Å². The van der Waals surface area contributed by atoms with Crippen LogP contribution in [-0.2, 0) is 16.1 Å². The molecule has 0 spiro atoms. The molecule has 5 N–H and O–H groups in total. The Kier molecular flexibility index (Phi) is 8.67. The zero-order chi connectivity index (χ0) is 27.6. The van der Waals surface area contributed by atoms with Crippen LogP contribution < -0.4 is 14.2 Å². The number of ether oxygens (including phenoxy) is 4. The number of aliphatic hydroxyl groups is 3. The molecule has 0 unspecified atom stereocenters. The van der Waals surface area contributed by atoms with E-state index in [1.807, 2.05) is 0 Å². The van der Waals surface area contributed by atoms with Gasteiger partial charge in [-0.2, -0.15) is 0 Å². The number of aromatic amines is 1. The largest absolute Gasteiger partial charge is 0.487 e. The van der Waals surface area contributed by atoms with Crippen LogP contribution in [0.5, 0.6) is 17.2 Å². The Hall–Kier alpha value is -3.04. The fraction of sp³-hybridized carbons (Fsp3) is 0.348. The van der Waals surface area contributed by atoms with Crippen LogP contribution in [0.15, 0.2) is 44.5 Å². The number of hydrogen-bond donors (Lipinski definition) is 5. The number of aliphatic carboxylic acids is 1. The van der Waals surface area contributed by atoms with Gasteiger partial charge in [-0.15, -0.1) is 0 Å². The van der Waals surface area contributed by atoms with E-state index in [9.17, 15) is 25.2 Å².